The molecular formula is C16H15N3O3. The number of ether oxygens (including phenoxy) is 1. The quantitative estimate of drug-likeness (QED) is 0.485. The van der Waals surface area contributed by atoms with E-state index in [1.807, 2.05) is 13.0 Å². The van der Waals surface area contributed by atoms with Gasteiger partial charge in [-0.1, -0.05) is 31.2 Å². The molecule has 1 aromatic carbocycles. The highest BCUT2D eigenvalue weighted by molar-refractivity contribution is 5.42. The van der Waals surface area contributed by atoms with Crippen LogP contribution < -0.4 is 0 Å². The lowest BCUT2D eigenvalue weighted by Crippen LogP contribution is -2.43. The number of nitro benzene ring substituents is 1. The number of nitrogens with zero attached hydrogens (tertiary/aromatic N) is 3. The number of nitriles is 2. The molecule has 6 nitrogen and oxygen atoms in total. The summed E-state index contributed by atoms with van der Waals surface area (Å²) >= 11 is 0. The summed E-state index contributed by atoms with van der Waals surface area (Å²) in [7, 11) is 1.46. The second-order valence-electron chi connectivity index (χ2n) is 5.32. The fraction of sp³-hybridized carbons (Fsp3) is 0.375. The molecule has 22 heavy (non-hydrogen) atoms. The van der Waals surface area contributed by atoms with E-state index in [2.05, 4.69) is 12.1 Å². The van der Waals surface area contributed by atoms with Crippen molar-refractivity contribution in [2.24, 2.45) is 11.3 Å². The molecule has 0 radical (unpaired) electrons. The molecule has 0 N–H and O–H groups in total. The molecule has 0 saturated carbocycles. The van der Waals surface area contributed by atoms with E-state index in [-0.39, 0.29) is 11.6 Å². The van der Waals surface area contributed by atoms with E-state index in [1.165, 1.54) is 19.2 Å². The van der Waals surface area contributed by atoms with E-state index < -0.39 is 22.4 Å². The molecule has 112 valence electrons. The summed E-state index contributed by atoms with van der Waals surface area (Å²) < 4.78 is 5.31. The van der Waals surface area contributed by atoms with E-state index >= 15 is 0 Å². The third-order valence-electron chi connectivity index (χ3n) is 4.14. The Bertz CT molecular complexity index is 668. The van der Waals surface area contributed by atoms with Gasteiger partial charge in [0.2, 0.25) is 0 Å². The molecule has 6 heteroatoms. The maximum Gasteiger partial charge on any atom is 0.269 e. The maximum atomic E-state index is 10.8. The smallest absolute Gasteiger partial charge is 0.269 e. The predicted octanol–water partition coefficient (Wildman–Crippen LogP) is 2.93. The van der Waals surface area contributed by atoms with Gasteiger partial charge in [-0.05, 0) is 11.5 Å². The zero-order valence-electron chi connectivity index (χ0n) is 12.3. The van der Waals surface area contributed by atoms with Gasteiger partial charge in [-0.25, -0.2) is 0 Å². The van der Waals surface area contributed by atoms with Gasteiger partial charge in [0.1, 0.15) is 6.10 Å². The maximum absolute atomic E-state index is 10.8. The number of allylic oxidation sites excluding steroid dienone is 1. The number of methoxy groups -OCH3 is 1. The van der Waals surface area contributed by atoms with Crippen LogP contribution in [-0.4, -0.2) is 18.1 Å². The molecular weight excluding hydrogens is 282 g/mol. The molecule has 0 bridgehead atoms. The zero-order valence-corrected chi connectivity index (χ0v) is 12.3. The molecule has 0 aromatic heterocycles. The minimum absolute atomic E-state index is 0.0226. The van der Waals surface area contributed by atoms with E-state index in [4.69, 9.17) is 4.74 Å². The topological polar surface area (TPSA) is 99.9 Å². The molecule has 0 spiro atoms. The molecule has 1 aliphatic carbocycles. The van der Waals surface area contributed by atoms with Gasteiger partial charge in [0.05, 0.1) is 17.1 Å². The summed E-state index contributed by atoms with van der Waals surface area (Å²) in [5.41, 5.74) is -0.669. The molecule has 2 rings (SSSR count). The van der Waals surface area contributed by atoms with Crippen LogP contribution in [0.4, 0.5) is 5.69 Å². The molecule has 0 aliphatic heterocycles. The van der Waals surface area contributed by atoms with Gasteiger partial charge >= 0.3 is 0 Å². The van der Waals surface area contributed by atoms with Gasteiger partial charge < -0.3 is 4.74 Å². The summed E-state index contributed by atoms with van der Waals surface area (Å²) in [6.07, 6.45) is 3.01. The zero-order chi connectivity index (χ0) is 16.3. The van der Waals surface area contributed by atoms with Crippen LogP contribution >= 0.6 is 0 Å². The number of benzene rings is 1. The van der Waals surface area contributed by atoms with Crippen molar-refractivity contribution < 1.29 is 9.66 Å². The molecule has 1 aliphatic rings. The van der Waals surface area contributed by atoms with Crippen LogP contribution in [0.15, 0.2) is 36.4 Å². The Morgan fingerprint density at radius 3 is 2.27 bits per heavy atom. The number of hydrogen-bond acceptors (Lipinski definition) is 5. The Balaban J connectivity index is 2.55. The summed E-state index contributed by atoms with van der Waals surface area (Å²) in [4.78, 5) is 10.3. The number of non-ortho nitro benzene ring substituents is 1. The van der Waals surface area contributed by atoms with Crippen molar-refractivity contribution in [2.45, 2.75) is 18.9 Å². The average Bonchev–Trinajstić information content (AvgIpc) is 2.54. The average molecular weight is 297 g/mol. The molecule has 3 atom stereocenters. The van der Waals surface area contributed by atoms with Crippen molar-refractivity contribution in [2.75, 3.05) is 7.11 Å². The van der Waals surface area contributed by atoms with Crippen LogP contribution in [0.5, 0.6) is 0 Å². The normalized spacial score (nSPS) is 25.9. The van der Waals surface area contributed by atoms with E-state index in [0.29, 0.717) is 5.56 Å². The third kappa shape index (κ3) is 2.34. The molecule has 0 saturated heterocycles. The van der Waals surface area contributed by atoms with Gasteiger partial charge in [-0.15, -0.1) is 0 Å². The van der Waals surface area contributed by atoms with Crippen LogP contribution in [0.2, 0.25) is 0 Å². The second kappa shape index (κ2) is 5.97. The lowest BCUT2D eigenvalue weighted by molar-refractivity contribution is -0.384. The van der Waals surface area contributed by atoms with Crippen molar-refractivity contribution in [3.05, 3.63) is 52.1 Å². The lowest BCUT2D eigenvalue weighted by atomic mass is 9.62. The van der Waals surface area contributed by atoms with Crippen LogP contribution in [0.1, 0.15) is 18.4 Å². The third-order valence-corrected chi connectivity index (χ3v) is 4.14. The molecule has 0 heterocycles. The van der Waals surface area contributed by atoms with Crippen molar-refractivity contribution in [1.29, 1.82) is 10.5 Å². The molecule has 1 aromatic rings. The highest BCUT2D eigenvalue weighted by Gasteiger charge is 2.51. The Hall–Kier alpha value is -2.70. The summed E-state index contributed by atoms with van der Waals surface area (Å²) in [5, 5.41) is 30.0. The molecule has 0 fully saturated rings. The fourth-order valence-corrected chi connectivity index (χ4v) is 3.06. The first-order chi connectivity index (χ1) is 10.5. The minimum Gasteiger partial charge on any atom is -0.375 e. The molecule has 0 unspecified atom stereocenters. The highest BCUT2D eigenvalue weighted by Crippen LogP contribution is 2.48. The Kier molecular flexibility index (Phi) is 4.25. The minimum atomic E-state index is -1.36. The van der Waals surface area contributed by atoms with E-state index in [1.54, 1.807) is 18.2 Å². The summed E-state index contributed by atoms with van der Waals surface area (Å²) in [6, 6.07) is 10.2. The lowest BCUT2D eigenvalue weighted by Gasteiger charge is -2.39. The first-order valence-electron chi connectivity index (χ1n) is 6.78. The van der Waals surface area contributed by atoms with Gasteiger partial charge in [-0.3, -0.25) is 10.1 Å². The van der Waals surface area contributed by atoms with Gasteiger partial charge in [0.25, 0.3) is 5.69 Å². The largest absolute Gasteiger partial charge is 0.375 e. The first kappa shape index (κ1) is 15.7. The van der Waals surface area contributed by atoms with Gasteiger partial charge in [-0.2, -0.15) is 10.5 Å². The monoisotopic (exact) mass is 297 g/mol. The summed E-state index contributed by atoms with van der Waals surface area (Å²) in [5.74, 6) is -0.481. The van der Waals surface area contributed by atoms with Crippen molar-refractivity contribution >= 4 is 5.69 Å². The Morgan fingerprint density at radius 2 is 1.82 bits per heavy atom. The van der Waals surface area contributed by atoms with E-state index in [9.17, 15) is 20.6 Å². The van der Waals surface area contributed by atoms with Crippen LogP contribution in [-0.2, 0) is 4.74 Å². The van der Waals surface area contributed by atoms with Crippen molar-refractivity contribution in [3.8, 4) is 12.1 Å². The predicted molar refractivity (Wildman–Crippen MR) is 78.6 cm³/mol. The standard InChI is InChI=1S/C16H15N3O3/c1-11-3-8-14(22-2)16(9-17,10-18)15(11)12-4-6-13(7-5-12)19(20)21/h3-8,11,14-15H,1-2H3/t11-,14+,15+/m0/s1. The number of rotatable bonds is 3. The second-order valence-corrected chi connectivity index (χ2v) is 5.32. The fourth-order valence-electron chi connectivity index (χ4n) is 3.06. The number of nitro groups is 1. The summed E-state index contributed by atoms with van der Waals surface area (Å²) in [6.45, 7) is 1.91. The van der Waals surface area contributed by atoms with Crippen LogP contribution in [0.3, 0.4) is 0 Å². The van der Waals surface area contributed by atoms with Crippen LogP contribution in [0.25, 0.3) is 0 Å². The van der Waals surface area contributed by atoms with E-state index in [0.717, 1.165) is 0 Å². The number of hydrogen-bond donors (Lipinski definition) is 0. The Morgan fingerprint density at radius 1 is 1.23 bits per heavy atom. The van der Waals surface area contributed by atoms with Crippen LogP contribution in [0, 0.1) is 44.1 Å². The Labute approximate surface area is 128 Å². The van der Waals surface area contributed by atoms with Gasteiger partial charge in [0, 0.05) is 25.2 Å². The molecule has 0 amide bonds. The first-order valence-corrected chi connectivity index (χ1v) is 6.78. The van der Waals surface area contributed by atoms with Gasteiger partial charge in [0.15, 0.2) is 5.41 Å². The van der Waals surface area contributed by atoms with Crippen molar-refractivity contribution in [3.63, 3.8) is 0 Å². The van der Waals surface area contributed by atoms with Crippen molar-refractivity contribution in [1.82, 2.24) is 0 Å². The highest BCUT2D eigenvalue weighted by atomic mass is 16.6. The SMILES string of the molecule is CO[C@@H]1C=C[C@H](C)[C@H](c2ccc([N+](=O)[O-])cc2)C1(C#N)C#N.